The van der Waals surface area contributed by atoms with Crippen molar-refractivity contribution in [2.75, 3.05) is 0 Å². The van der Waals surface area contributed by atoms with E-state index < -0.39 is 0 Å². The second-order valence-electron chi connectivity index (χ2n) is 4.93. The zero-order valence-electron chi connectivity index (χ0n) is 12.6. The summed E-state index contributed by atoms with van der Waals surface area (Å²) < 4.78 is 2.00. The molecule has 0 aliphatic rings. The first-order valence-electron chi connectivity index (χ1n) is 7.07. The predicted octanol–water partition coefficient (Wildman–Crippen LogP) is 4.09. The van der Waals surface area contributed by atoms with Gasteiger partial charge in [0.05, 0.1) is 16.4 Å². The van der Waals surface area contributed by atoms with Crippen LogP contribution in [0.15, 0.2) is 6.07 Å². The molecule has 0 radical (unpaired) electrons. The summed E-state index contributed by atoms with van der Waals surface area (Å²) in [6.07, 6.45) is 0.877. The lowest BCUT2D eigenvalue weighted by molar-refractivity contribution is 0.579. The maximum atomic E-state index is 6.40. The van der Waals surface area contributed by atoms with Crippen LogP contribution in [0.25, 0.3) is 0 Å². The molecule has 0 saturated carbocycles. The van der Waals surface area contributed by atoms with Gasteiger partial charge in [0.25, 0.3) is 0 Å². The van der Waals surface area contributed by atoms with Crippen LogP contribution in [0.5, 0.6) is 0 Å². The monoisotopic (exact) mass is 311 g/mol. The number of nitrogens with one attached hydrogen (secondary N) is 1. The number of aryl methyl sites for hydroxylation is 4. The van der Waals surface area contributed by atoms with Crippen molar-refractivity contribution in [3.63, 3.8) is 0 Å². The Labute approximate surface area is 130 Å². The summed E-state index contributed by atoms with van der Waals surface area (Å²) >= 11 is 8.25. The summed E-state index contributed by atoms with van der Waals surface area (Å²) in [6, 6.07) is 2.25. The number of aromatic nitrogens is 2. The summed E-state index contributed by atoms with van der Waals surface area (Å²) in [6.45, 7) is 11.0. The molecule has 0 atom stereocenters. The van der Waals surface area contributed by atoms with E-state index in [1.807, 2.05) is 16.0 Å². The SMILES string of the molecule is CCc1nn(CC)c(CNCc2cc(C)c(C)s2)c1Cl. The maximum absolute atomic E-state index is 6.40. The fraction of sp³-hybridized carbons (Fsp3) is 0.533. The lowest BCUT2D eigenvalue weighted by Crippen LogP contribution is -2.15. The Bertz CT molecular complexity index is 567. The van der Waals surface area contributed by atoms with Gasteiger partial charge in [-0.1, -0.05) is 18.5 Å². The zero-order chi connectivity index (χ0) is 14.7. The molecule has 0 bridgehead atoms. The van der Waals surface area contributed by atoms with E-state index in [-0.39, 0.29) is 0 Å². The fourth-order valence-corrected chi connectivity index (χ4v) is 3.59. The summed E-state index contributed by atoms with van der Waals surface area (Å²) in [5, 5.41) is 8.83. The van der Waals surface area contributed by atoms with Crippen LogP contribution in [0.3, 0.4) is 0 Å². The predicted molar refractivity (Wildman–Crippen MR) is 86.6 cm³/mol. The van der Waals surface area contributed by atoms with Gasteiger partial charge in [-0.3, -0.25) is 4.68 Å². The maximum Gasteiger partial charge on any atom is 0.0863 e. The lowest BCUT2D eigenvalue weighted by Gasteiger charge is -2.06. The molecule has 0 saturated heterocycles. The van der Waals surface area contributed by atoms with Gasteiger partial charge in [-0.05, 0) is 38.8 Å². The third-order valence-electron chi connectivity index (χ3n) is 3.50. The quantitative estimate of drug-likeness (QED) is 0.871. The van der Waals surface area contributed by atoms with E-state index in [9.17, 15) is 0 Å². The molecule has 2 rings (SSSR count). The first kappa shape index (κ1) is 15.5. The second kappa shape index (κ2) is 6.74. The number of rotatable bonds is 6. The Kier molecular flexibility index (Phi) is 5.24. The van der Waals surface area contributed by atoms with E-state index in [1.165, 1.54) is 15.3 Å². The van der Waals surface area contributed by atoms with Crippen molar-refractivity contribution in [1.82, 2.24) is 15.1 Å². The van der Waals surface area contributed by atoms with Gasteiger partial charge in [0.1, 0.15) is 0 Å². The van der Waals surface area contributed by atoms with Crippen LogP contribution in [-0.2, 0) is 26.1 Å². The topological polar surface area (TPSA) is 29.9 Å². The van der Waals surface area contributed by atoms with Crippen LogP contribution in [0, 0.1) is 13.8 Å². The molecule has 20 heavy (non-hydrogen) atoms. The Balaban J connectivity index is 2.02. The van der Waals surface area contributed by atoms with Crippen LogP contribution < -0.4 is 5.32 Å². The molecule has 0 aromatic carbocycles. The van der Waals surface area contributed by atoms with E-state index in [1.54, 1.807) is 0 Å². The first-order chi connectivity index (χ1) is 9.56. The molecule has 2 heterocycles. The Hall–Kier alpha value is -0.840. The Morgan fingerprint density at radius 3 is 2.60 bits per heavy atom. The number of halogens is 1. The fourth-order valence-electron chi connectivity index (χ4n) is 2.23. The van der Waals surface area contributed by atoms with Gasteiger partial charge in [0.2, 0.25) is 0 Å². The van der Waals surface area contributed by atoms with Gasteiger partial charge in [0.15, 0.2) is 0 Å². The van der Waals surface area contributed by atoms with E-state index in [2.05, 4.69) is 44.2 Å². The molecule has 2 aromatic heterocycles. The standard InChI is InChI=1S/C15H22ClN3S/c1-5-13-15(16)14(19(6-2)18-13)9-17-8-12-7-10(3)11(4)20-12/h7,17H,5-6,8-9H2,1-4H3. The number of thiophene rings is 1. The number of nitrogens with zero attached hydrogens (tertiary/aromatic N) is 2. The average Bonchev–Trinajstić information content (AvgIpc) is 2.91. The number of hydrogen-bond donors (Lipinski definition) is 1. The van der Waals surface area contributed by atoms with E-state index in [0.717, 1.165) is 42.5 Å². The molecule has 0 unspecified atom stereocenters. The summed E-state index contributed by atoms with van der Waals surface area (Å²) in [7, 11) is 0. The van der Waals surface area contributed by atoms with Crippen molar-refractivity contribution >= 4 is 22.9 Å². The zero-order valence-corrected chi connectivity index (χ0v) is 14.2. The molecule has 0 aliphatic carbocycles. The molecular formula is C15H22ClN3S. The number of hydrogen-bond acceptors (Lipinski definition) is 3. The molecular weight excluding hydrogens is 290 g/mol. The molecule has 0 spiro atoms. The highest BCUT2D eigenvalue weighted by molar-refractivity contribution is 7.12. The normalized spacial score (nSPS) is 11.2. The van der Waals surface area contributed by atoms with Crippen molar-refractivity contribution < 1.29 is 0 Å². The molecule has 0 fully saturated rings. The highest BCUT2D eigenvalue weighted by atomic mass is 35.5. The molecule has 110 valence electrons. The molecule has 0 amide bonds. The minimum atomic E-state index is 0.760. The highest BCUT2D eigenvalue weighted by Gasteiger charge is 2.13. The minimum absolute atomic E-state index is 0.760. The van der Waals surface area contributed by atoms with Crippen molar-refractivity contribution in [3.05, 3.63) is 37.8 Å². The van der Waals surface area contributed by atoms with Gasteiger partial charge >= 0.3 is 0 Å². The van der Waals surface area contributed by atoms with Gasteiger partial charge in [-0.25, -0.2) is 0 Å². The van der Waals surface area contributed by atoms with Crippen LogP contribution in [-0.4, -0.2) is 9.78 Å². The molecule has 5 heteroatoms. The molecule has 0 aliphatic heterocycles. The van der Waals surface area contributed by atoms with E-state index in [4.69, 9.17) is 11.6 Å². The Morgan fingerprint density at radius 1 is 1.30 bits per heavy atom. The third kappa shape index (κ3) is 3.25. The van der Waals surface area contributed by atoms with Crippen LogP contribution in [0.1, 0.15) is 40.6 Å². The van der Waals surface area contributed by atoms with Crippen molar-refractivity contribution in [2.24, 2.45) is 0 Å². The second-order valence-corrected chi connectivity index (χ2v) is 6.65. The summed E-state index contributed by atoms with van der Waals surface area (Å²) in [4.78, 5) is 2.76. The summed E-state index contributed by atoms with van der Waals surface area (Å²) in [5.41, 5.74) is 3.46. The first-order valence-corrected chi connectivity index (χ1v) is 8.26. The van der Waals surface area contributed by atoms with Crippen LogP contribution in [0.2, 0.25) is 5.02 Å². The molecule has 2 aromatic rings. The lowest BCUT2D eigenvalue weighted by atomic mass is 10.3. The third-order valence-corrected chi connectivity index (χ3v) is 5.09. The van der Waals surface area contributed by atoms with Crippen molar-refractivity contribution in [3.8, 4) is 0 Å². The minimum Gasteiger partial charge on any atom is -0.306 e. The van der Waals surface area contributed by atoms with Crippen molar-refractivity contribution in [2.45, 2.75) is 53.8 Å². The van der Waals surface area contributed by atoms with Gasteiger partial charge in [-0.15, -0.1) is 11.3 Å². The van der Waals surface area contributed by atoms with Crippen LogP contribution >= 0.6 is 22.9 Å². The highest BCUT2D eigenvalue weighted by Crippen LogP contribution is 2.23. The van der Waals surface area contributed by atoms with Gasteiger partial charge < -0.3 is 5.32 Å². The largest absolute Gasteiger partial charge is 0.306 e. The molecule has 3 nitrogen and oxygen atoms in total. The molecule has 1 N–H and O–H groups in total. The van der Waals surface area contributed by atoms with Crippen LogP contribution in [0.4, 0.5) is 0 Å². The van der Waals surface area contributed by atoms with E-state index in [0.29, 0.717) is 0 Å². The average molecular weight is 312 g/mol. The van der Waals surface area contributed by atoms with Gasteiger partial charge in [0, 0.05) is 29.4 Å². The van der Waals surface area contributed by atoms with Gasteiger partial charge in [-0.2, -0.15) is 5.10 Å². The summed E-state index contributed by atoms with van der Waals surface area (Å²) in [5.74, 6) is 0. The van der Waals surface area contributed by atoms with E-state index >= 15 is 0 Å². The Morgan fingerprint density at radius 2 is 2.05 bits per heavy atom. The smallest absolute Gasteiger partial charge is 0.0863 e. The van der Waals surface area contributed by atoms with Crippen molar-refractivity contribution in [1.29, 1.82) is 0 Å².